The fourth-order valence-corrected chi connectivity index (χ4v) is 4.93. The number of hydrogen-bond acceptors (Lipinski definition) is 8. The molecule has 2 atom stereocenters. The molecule has 2 aliphatic rings. The predicted octanol–water partition coefficient (Wildman–Crippen LogP) is 5.38. The van der Waals surface area contributed by atoms with Gasteiger partial charge < -0.3 is 19.5 Å². The number of furan rings is 2. The Morgan fingerprint density at radius 3 is 1.75 bits per heavy atom. The minimum absolute atomic E-state index is 0.0209. The molecule has 0 aromatic carbocycles. The monoisotopic (exact) mass is 540 g/mol. The van der Waals surface area contributed by atoms with Gasteiger partial charge in [-0.2, -0.15) is 0 Å². The van der Waals surface area contributed by atoms with E-state index >= 15 is 0 Å². The van der Waals surface area contributed by atoms with Crippen molar-refractivity contribution in [3.8, 4) is 0 Å². The molecular weight excluding hydrogens is 512 g/mol. The minimum Gasteiger partial charge on any atom is -0.468 e. The summed E-state index contributed by atoms with van der Waals surface area (Å²) in [7, 11) is 0. The lowest BCUT2D eigenvalue weighted by molar-refractivity contribution is 0.0933. The van der Waals surface area contributed by atoms with E-state index in [2.05, 4.69) is 20.6 Å². The Morgan fingerprint density at radius 2 is 1.25 bits per heavy atom. The van der Waals surface area contributed by atoms with E-state index in [4.69, 9.17) is 8.83 Å². The molecule has 0 radical (unpaired) electrons. The quantitative estimate of drug-likeness (QED) is 0.351. The van der Waals surface area contributed by atoms with E-state index in [0.29, 0.717) is 70.8 Å². The van der Waals surface area contributed by atoms with Crippen LogP contribution in [0.1, 0.15) is 79.6 Å². The Bertz CT molecular complexity index is 1440. The Hall–Kier alpha value is -4.86. The lowest BCUT2D eigenvalue weighted by Gasteiger charge is -2.16. The van der Waals surface area contributed by atoms with E-state index in [9.17, 15) is 19.2 Å². The minimum atomic E-state index is -0.342. The molecule has 40 heavy (non-hydrogen) atoms. The van der Waals surface area contributed by atoms with Gasteiger partial charge in [0.2, 0.25) is 0 Å². The average Bonchev–Trinajstić information content (AvgIpc) is 3.55. The van der Waals surface area contributed by atoms with Crippen molar-refractivity contribution in [2.45, 2.75) is 39.5 Å². The number of nitrogens with zero attached hydrogens (tertiary/aromatic N) is 2. The van der Waals surface area contributed by atoms with Crippen molar-refractivity contribution in [1.82, 2.24) is 9.97 Å². The van der Waals surface area contributed by atoms with E-state index in [0.717, 1.165) is 0 Å². The maximum Gasteiger partial charge on any atom is 0.259 e. The van der Waals surface area contributed by atoms with Gasteiger partial charge in [0.25, 0.3) is 11.8 Å². The maximum absolute atomic E-state index is 12.2. The van der Waals surface area contributed by atoms with E-state index in [1.165, 1.54) is 12.5 Å². The number of ketones is 2. The maximum atomic E-state index is 12.2. The summed E-state index contributed by atoms with van der Waals surface area (Å²) in [5.74, 6) is 1.04. The average molecular weight is 541 g/mol. The molecule has 4 aromatic rings. The number of carbonyl (C=O) groups excluding carboxylic acids is 4. The van der Waals surface area contributed by atoms with Crippen LogP contribution in [0.15, 0.2) is 70.4 Å². The summed E-state index contributed by atoms with van der Waals surface area (Å²) in [5.41, 5.74) is 2.72. The van der Waals surface area contributed by atoms with Crippen molar-refractivity contribution in [3.05, 3.63) is 95.4 Å². The summed E-state index contributed by atoms with van der Waals surface area (Å²) >= 11 is 0. The normalized spacial score (nSPS) is 17.6. The van der Waals surface area contributed by atoms with Crippen LogP contribution < -0.4 is 10.6 Å². The van der Waals surface area contributed by atoms with Crippen LogP contribution in [0.2, 0.25) is 0 Å². The van der Waals surface area contributed by atoms with Crippen LogP contribution >= 0.6 is 0 Å². The third-order valence-corrected chi connectivity index (χ3v) is 6.77. The highest BCUT2D eigenvalue weighted by atomic mass is 16.3. The number of carbonyl (C=O) groups is 4. The van der Waals surface area contributed by atoms with Gasteiger partial charge in [-0.15, -0.1) is 0 Å². The van der Waals surface area contributed by atoms with Crippen molar-refractivity contribution in [2.75, 3.05) is 10.6 Å². The van der Waals surface area contributed by atoms with Crippen LogP contribution in [-0.2, 0) is 12.8 Å². The molecule has 0 saturated carbocycles. The summed E-state index contributed by atoms with van der Waals surface area (Å²) in [6.07, 6.45) is 11.4. The molecule has 0 saturated heterocycles. The second-order valence-electron chi connectivity index (χ2n) is 10.2. The standard InChI is InChI=1S/2C15H14N2O3/c1-9-6-12(18)14-11(8-20-13(14)7-9)15(19)17-10-2-4-16-5-3-10;1-9-5-12(18)14-11(8-20-13(14)6-9)15(19)17-10-3-2-4-16-7-10/h2-5,8-9H,6-7H2,1H3,(H,16,17,19);2-4,7-9H,5-6H2,1H3,(H,17,19). The van der Waals surface area contributed by atoms with Gasteiger partial charge in [0.15, 0.2) is 11.6 Å². The first-order valence-electron chi connectivity index (χ1n) is 13.0. The number of amides is 2. The number of pyridine rings is 2. The van der Waals surface area contributed by atoms with Crippen molar-refractivity contribution in [2.24, 2.45) is 11.8 Å². The zero-order valence-corrected chi connectivity index (χ0v) is 22.1. The van der Waals surface area contributed by atoms with E-state index in [-0.39, 0.29) is 35.2 Å². The highest BCUT2D eigenvalue weighted by Gasteiger charge is 2.32. The van der Waals surface area contributed by atoms with Crippen LogP contribution in [0.25, 0.3) is 0 Å². The molecule has 0 aliphatic heterocycles. The highest BCUT2D eigenvalue weighted by molar-refractivity contribution is 6.14. The van der Waals surface area contributed by atoms with Gasteiger partial charge in [-0.1, -0.05) is 13.8 Å². The Morgan fingerprint density at radius 1 is 0.725 bits per heavy atom. The topological polar surface area (TPSA) is 144 Å². The molecule has 6 rings (SSSR count). The molecule has 4 aromatic heterocycles. The first-order chi connectivity index (χ1) is 19.3. The highest BCUT2D eigenvalue weighted by Crippen LogP contribution is 2.31. The molecule has 10 heteroatoms. The number of hydrogen-bond donors (Lipinski definition) is 2. The van der Waals surface area contributed by atoms with Crippen LogP contribution in [0.3, 0.4) is 0 Å². The fraction of sp³-hybridized carbons (Fsp3) is 0.267. The lowest BCUT2D eigenvalue weighted by atomic mass is 9.87. The molecular formula is C30H28N4O6. The van der Waals surface area contributed by atoms with Gasteiger partial charge in [0, 0.05) is 50.0 Å². The summed E-state index contributed by atoms with van der Waals surface area (Å²) < 4.78 is 10.8. The Balaban J connectivity index is 0.000000161. The second kappa shape index (κ2) is 11.5. The van der Waals surface area contributed by atoms with E-state index in [1.54, 1.807) is 49.1 Å². The SMILES string of the molecule is CC1CC(=O)c2c(C(=O)Nc3cccnc3)coc2C1.CC1CC(=O)c2c(C(=O)Nc3ccncc3)coc2C1. The first kappa shape index (κ1) is 26.7. The third-order valence-electron chi connectivity index (χ3n) is 6.77. The van der Waals surface area contributed by atoms with Gasteiger partial charge in [-0.05, 0) is 36.1 Å². The number of fused-ring (bicyclic) bond motifs is 2. The summed E-state index contributed by atoms with van der Waals surface area (Å²) in [6.45, 7) is 4.00. The molecule has 0 fully saturated rings. The molecule has 2 amide bonds. The molecule has 2 aliphatic carbocycles. The van der Waals surface area contributed by atoms with Crippen molar-refractivity contribution < 1.29 is 28.0 Å². The van der Waals surface area contributed by atoms with Crippen molar-refractivity contribution in [1.29, 1.82) is 0 Å². The molecule has 0 spiro atoms. The smallest absolute Gasteiger partial charge is 0.259 e. The zero-order valence-electron chi connectivity index (χ0n) is 22.1. The van der Waals surface area contributed by atoms with Gasteiger partial charge >= 0.3 is 0 Å². The van der Waals surface area contributed by atoms with E-state index < -0.39 is 0 Å². The van der Waals surface area contributed by atoms with E-state index in [1.807, 2.05) is 13.8 Å². The largest absolute Gasteiger partial charge is 0.468 e. The molecule has 4 heterocycles. The molecule has 0 bridgehead atoms. The molecule has 10 nitrogen and oxygen atoms in total. The molecule has 204 valence electrons. The zero-order chi connectivity index (χ0) is 28.2. The van der Waals surface area contributed by atoms with Gasteiger partial charge in [-0.25, -0.2) is 0 Å². The van der Waals surface area contributed by atoms with Crippen LogP contribution in [0.5, 0.6) is 0 Å². The van der Waals surface area contributed by atoms with Gasteiger partial charge in [0.1, 0.15) is 24.0 Å². The number of Topliss-reactive ketones (excluding diaryl/α,β-unsaturated/α-hetero) is 2. The summed E-state index contributed by atoms with van der Waals surface area (Å²) in [5, 5.41) is 5.45. The predicted molar refractivity (Wildman–Crippen MR) is 145 cm³/mol. The summed E-state index contributed by atoms with van der Waals surface area (Å²) in [6, 6.07) is 6.84. The number of nitrogens with one attached hydrogen (secondary N) is 2. The number of anilines is 2. The van der Waals surface area contributed by atoms with Crippen molar-refractivity contribution in [3.63, 3.8) is 0 Å². The number of rotatable bonds is 4. The van der Waals surface area contributed by atoms with Gasteiger partial charge in [-0.3, -0.25) is 29.1 Å². The molecule has 2 N–H and O–H groups in total. The van der Waals surface area contributed by atoms with Crippen molar-refractivity contribution >= 4 is 34.8 Å². The van der Waals surface area contributed by atoms with Gasteiger partial charge in [0.05, 0.1) is 34.1 Å². The first-order valence-corrected chi connectivity index (χ1v) is 13.0. The Labute approximate surface area is 230 Å². The fourth-order valence-electron chi connectivity index (χ4n) is 4.93. The third kappa shape index (κ3) is 5.75. The van der Waals surface area contributed by atoms with Crippen LogP contribution in [0.4, 0.5) is 11.4 Å². The van der Waals surface area contributed by atoms with Crippen LogP contribution in [-0.4, -0.2) is 33.3 Å². The lowest BCUT2D eigenvalue weighted by Crippen LogP contribution is -2.21. The number of aromatic nitrogens is 2. The summed E-state index contributed by atoms with van der Waals surface area (Å²) in [4.78, 5) is 56.4. The molecule has 2 unspecified atom stereocenters. The van der Waals surface area contributed by atoms with Crippen LogP contribution in [0, 0.1) is 11.8 Å². The Kier molecular flexibility index (Phi) is 7.68. The second-order valence-corrected chi connectivity index (χ2v) is 10.2.